The first kappa shape index (κ1) is 12.1. The van der Waals surface area contributed by atoms with Crippen molar-refractivity contribution in [2.24, 2.45) is 0 Å². The summed E-state index contributed by atoms with van der Waals surface area (Å²) in [5.41, 5.74) is 2.44. The molecule has 2 aromatic rings. The summed E-state index contributed by atoms with van der Waals surface area (Å²) < 4.78 is 5.21. The van der Waals surface area contributed by atoms with Crippen LogP contribution >= 0.6 is 15.9 Å². The number of benzene rings is 1. The molecule has 0 saturated heterocycles. The van der Waals surface area contributed by atoms with Crippen molar-refractivity contribution in [2.45, 2.75) is 11.2 Å². The highest BCUT2D eigenvalue weighted by molar-refractivity contribution is 9.09. The van der Waals surface area contributed by atoms with E-state index in [1.807, 2.05) is 24.4 Å². The zero-order valence-electron chi connectivity index (χ0n) is 9.64. The van der Waals surface area contributed by atoms with Crippen molar-refractivity contribution in [3.63, 3.8) is 0 Å². The first-order valence-corrected chi connectivity index (χ1v) is 6.38. The SMILES string of the molecule is COc1cccc(CC(Br)c2cccnc2)c1. The summed E-state index contributed by atoms with van der Waals surface area (Å²) in [5, 5.41) is 0. The molecule has 0 N–H and O–H groups in total. The van der Waals surface area contributed by atoms with E-state index in [4.69, 9.17) is 4.74 Å². The summed E-state index contributed by atoms with van der Waals surface area (Å²) in [6.07, 6.45) is 4.59. The molecule has 0 radical (unpaired) electrons. The Labute approximate surface area is 110 Å². The maximum Gasteiger partial charge on any atom is 0.119 e. The quantitative estimate of drug-likeness (QED) is 0.800. The van der Waals surface area contributed by atoms with E-state index >= 15 is 0 Å². The van der Waals surface area contributed by atoms with Gasteiger partial charge in [-0.05, 0) is 35.7 Å². The smallest absolute Gasteiger partial charge is 0.119 e. The molecule has 2 rings (SSSR count). The minimum Gasteiger partial charge on any atom is -0.497 e. The molecule has 17 heavy (non-hydrogen) atoms. The Hall–Kier alpha value is -1.35. The lowest BCUT2D eigenvalue weighted by Crippen LogP contribution is -1.96. The second-order valence-electron chi connectivity index (χ2n) is 3.81. The van der Waals surface area contributed by atoms with Gasteiger partial charge in [-0.15, -0.1) is 0 Å². The van der Waals surface area contributed by atoms with Gasteiger partial charge in [-0.3, -0.25) is 4.98 Å². The number of aromatic nitrogens is 1. The number of alkyl halides is 1. The Morgan fingerprint density at radius 2 is 2.18 bits per heavy atom. The third kappa shape index (κ3) is 3.30. The molecule has 1 aromatic carbocycles. The molecule has 0 bridgehead atoms. The van der Waals surface area contributed by atoms with Gasteiger partial charge >= 0.3 is 0 Å². The molecule has 0 spiro atoms. The second kappa shape index (κ2) is 5.82. The molecule has 2 nitrogen and oxygen atoms in total. The standard InChI is InChI=1S/C14H14BrNO/c1-17-13-6-2-4-11(8-13)9-14(15)12-5-3-7-16-10-12/h2-8,10,14H,9H2,1H3. The summed E-state index contributed by atoms with van der Waals surface area (Å²) >= 11 is 3.69. The summed E-state index contributed by atoms with van der Waals surface area (Å²) in [6, 6.07) is 12.2. The Kier molecular flexibility index (Phi) is 4.15. The zero-order chi connectivity index (χ0) is 12.1. The fourth-order valence-electron chi connectivity index (χ4n) is 1.69. The van der Waals surface area contributed by atoms with E-state index in [0.717, 1.165) is 12.2 Å². The maximum atomic E-state index is 5.21. The van der Waals surface area contributed by atoms with Gasteiger partial charge in [0.2, 0.25) is 0 Å². The molecule has 0 aliphatic heterocycles. The molecule has 1 aromatic heterocycles. The number of hydrogen-bond acceptors (Lipinski definition) is 2. The van der Waals surface area contributed by atoms with Crippen LogP contribution < -0.4 is 4.74 Å². The molecule has 0 aliphatic rings. The van der Waals surface area contributed by atoms with Crippen LogP contribution in [0.15, 0.2) is 48.8 Å². The van der Waals surface area contributed by atoms with Crippen molar-refractivity contribution in [3.05, 3.63) is 59.9 Å². The van der Waals surface area contributed by atoms with Gasteiger partial charge < -0.3 is 4.74 Å². The van der Waals surface area contributed by atoms with Crippen molar-refractivity contribution < 1.29 is 4.74 Å². The molecule has 1 atom stereocenters. The first-order valence-electron chi connectivity index (χ1n) is 5.46. The lowest BCUT2D eigenvalue weighted by atomic mass is 10.1. The lowest BCUT2D eigenvalue weighted by Gasteiger charge is -2.10. The predicted octanol–water partition coefficient (Wildman–Crippen LogP) is 3.77. The second-order valence-corrected chi connectivity index (χ2v) is 4.91. The van der Waals surface area contributed by atoms with Crippen molar-refractivity contribution in [3.8, 4) is 5.75 Å². The van der Waals surface area contributed by atoms with Gasteiger partial charge in [0, 0.05) is 17.2 Å². The largest absolute Gasteiger partial charge is 0.497 e. The van der Waals surface area contributed by atoms with Gasteiger partial charge in [-0.2, -0.15) is 0 Å². The van der Waals surface area contributed by atoms with Gasteiger partial charge in [0.25, 0.3) is 0 Å². The Bertz CT molecular complexity index is 473. The van der Waals surface area contributed by atoms with E-state index < -0.39 is 0 Å². The molecule has 0 amide bonds. The van der Waals surface area contributed by atoms with Crippen LogP contribution in [-0.2, 0) is 6.42 Å². The summed E-state index contributed by atoms with van der Waals surface area (Å²) in [4.78, 5) is 4.41. The Balaban J connectivity index is 2.10. The van der Waals surface area contributed by atoms with Crippen molar-refractivity contribution in [1.82, 2.24) is 4.98 Å². The van der Waals surface area contributed by atoms with Gasteiger partial charge in [-0.25, -0.2) is 0 Å². The molecule has 3 heteroatoms. The molecular weight excluding hydrogens is 278 g/mol. The third-order valence-electron chi connectivity index (χ3n) is 2.60. The number of rotatable bonds is 4. The molecule has 0 saturated carbocycles. The highest BCUT2D eigenvalue weighted by atomic mass is 79.9. The minimum absolute atomic E-state index is 0.281. The predicted molar refractivity (Wildman–Crippen MR) is 72.6 cm³/mol. The van der Waals surface area contributed by atoms with Crippen molar-refractivity contribution in [2.75, 3.05) is 7.11 Å². The normalized spacial score (nSPS) is 12.1. The van der Waals surface area contributed by atoms with Crippen LogP contribution in [0.4, 0.5) is 0 Å². The zero-order valence-corrected chi connectivity index (χ0v) is 11.2. The van der Waals surface area contributed by atoms with Crippen LogP contribution in [0.3, 0.4) is 0 Å². The molecule has 0 aliphatic carbocycles. The lowest BCUT2D eigenvalue weighted by molar-refractivity contribution is 0.414. The average Bonchev–Trinajstić information content (AvgIpc) is 2.40. The van der Waals surface area contributed by atoms with Gasteiger partial charge in [0.1, 0.15) is 5.75 Å². The van der Waals surface area contributed by atoms with Crippen LogP contribution in [0, 0.1) is 0 Å². The van der Waals surface area contributed by atoms with E-state index in [0.29, 0.717) is 0 Å². The number of ether oxygens (including phenoxy) is 1. The fourth-order valence-corrected chi connectivity index (χ4v) is 2.33. The summed E-state index contributed by atoms with van der Waals surface area (Å²) in [7, 11) is 1.69. The van der Waals surface area contributed by atoms with Crippen LogP contribution in [0.1, 0.15) is 16.0 Å². The van der Waals surface area contributed by atoms with Gasteiger partial charge in [0.15, 0.2) is 0 Å². The van der Waals surface area contributed by atoms with E-state index in [1.165, 1.54) is 11.1 Å². The van der Waals surface area contributed by atoms with Crippen molar-refractivity contribution in [1.29, 1.82) is 0 Å². The van der Waals surface area contributed by atoms with Crippen molar-refractivity contribution >= 4 is 15.9 Å². The Morgan fingerprint density at radius 1 is 1.29 bits per heavy atom. The van der Waals surface area contributed by atoms with Gasteiger partial charge in [-0.1, -0.05) is 34.1 Å². The molecule has 0 fully saturated rings. The number of pyridine rings is 1. The topological polar surface area (TPSA) is 22.1 Å². The highest BCUT2D eigenvalue weighted by Crippen LogP contribution is 2.27. The van der Waals surface area contributed by atoms with Crippen LogP contribution in [0.5, 0.6) is 5.75 Å². The highest BCUT2D eigenvalue weighted by Gasteiger charge is 2.08. The fraction of sp³-hybridized carbons (Fsp3) is 0.214. The molecule has 1 unspecified atom stereocenters. The first-order chi connectivity index (χ1) is 8.29. The average molecular weight is 292 g/mol. The van der Waals surface area contributed by atoms with E-state index in [-0.39, 0.29) is 4.83 Å². The van der Waals surface area contributed by atoms with Crippen LogP contribution in [0.2, 0.25) is 0 Å². The summed E-state index contributed by atoms with van der Waals surface area (Å²) in [6.45, 7) is 0. The maximum absolute atomic E-state index is 5.21. The molecule has 1 heterocycles. The van der Waals surface area contributed by atoms with E-state index in [1.54, 1.807) is 13.3 Å². The molecular formula is C14H14BrNO. The molecule has 88 valence electrons. The minimum atomic E-state index is 0.281. The number of hydrogen-bond donors (Lipinski definition) is 0. The summed E-state index contributed by atoms with van der Waals surface area (Å²) in [5.74, 6) is 0.897. The third-order valence-corrected chi connectivity index (χ3v) is 3.45. The number of halogens is 1. The van der Waals surface area contributed by atoms with Crippen LogP contribution in [-0.4, -0.2) is 12.1 Å². The number of methoxy groups -OCH3 is 1. The van der Waals surface area contributed by atoms with Gasteiger partial charge in [0.05, 0.1) is 7.11 Å². The van der Waals surface area contributed by atoms with E-state index in [2.05, 4.69) is 39.1 Å². The Morgan fingerprint density at radius 3 is 2.88 bits per heavy atom. The monoisotopic (exact) mass is 291 g/mol. The number of nitrogens with zero attached hydrogens (tertiary/aromatic N) is 1. The van der Waals surface area contributed by atoms with E-state index in [9.17, 15) is 0 Å². The van der Waals surface area contributed by atoms with Crippen LogP contribution in [0.25, 0.3) is 0 Å².